The summed E-state index contributed by atoms with van der Waals surface area (Å²) in [4.78, 5) is 0.142. The molecule has 0 atom stereocenters. The molecule has 0 aliphatic heterocycles. The van der Waals surface area contributed by atoms with Crippen LogP contribution in [0.4, 0.5) is 11.4 Å². The van der Waals surface area contributed by atoms with Gasteiger partial charge in [-0.25, -0.2) is 8.42 Å². The molecule has 0 unspecified atom stereocenters. The maximum absolute atomic E-state index is 12.9. The summed E-state index contributed by atoms with van der Waals surface area (Å²) in [7, 11) is -3.77. The van der Waals surface area contributed by atoms with E-state index in [-0.39, 0.29) is 4.90 Å². The fraction of sp³-hybridized carbons (Fsp3) is 0.318. The Bertz CT molecular complexity index is 986. The molecule has 2 aromatic rings. The average molecular weight is 398 g/mol. The van der Waals surface area contributed by atoms with Gasteiger partial charge in [0.05, 0.1) is 17.6 Å². The molecule has 148 valence electrons. The first-order valence-corrected chi connectivity index (χ1v) is 10.9. The van der Waals surface area contributed by atoms with Gasteiger partial charge in [0, 0.05) is 6.42 Å². The average Bonchev–Trinajstić information content (AvgIpc) is 2.66. The van der Waals surface area contributed by atoms with Gasteiger partial charge in [0.25, 0.3) is 10.0 Å². The lowest BCUT2D eigenvalue weighted by Gasteiger charge is -2.14. The van der Waals surface area contributed by atoms with Crippen LogP contribution in [-0.4, -0.2) is 14.6 Å². The Morgan fingerprint density at radius 1 is 1.07 bits per heavy atom. The van der Waals surface area contributed by atoms with Gasteiger partial charge >= 0.3 is 0 Å². The Morgan fingerprint density at radius 3 is 2.61 bits per heavy atom. The Hall–Kier alpha value is -2.78. The van der Waals surface area contributed by atoms with Crippen molar-refractivity contribution in [2.24, 2.45) is 5.10 Å². The quantitative estimate of drug-likeness (QED) is 0.282. The summed E-state index contributed by atoms with van der Waals surface area (Å²) < 4.78 is 28.5. The van der Waals surface area contributed by atoms with Crippen LogP contribution in [0.2, 0.25) is 0 Å². The molecule has 6 heteroatoms. The maximum Gasteiger partial charge on any atom is 0.264 e. The molecular formula is C22H27N3O2S. The topological polar surface area (TPSA) is 70.6 Å². The number of sulfonamides is 1. The van der Waals surface area contributed by atoms with Gasteiger partial charge in [0.1, 0.15) is 4.90 Å². The van der Waals surface area contributed by atoms with Crippen molar-refractivity contribution in [2.75, 3.05) is 10.1 Å². The fourth-order valence-corrected chi connectivity index (χ4v) is 3.92. The molecule has 2 aromatic carbocycles. The molecule has 0 saturated carbocycles. The predicted molar refractivity (Wildman–Crippen MR) is 117 cm³/mol. The summed E-state index contributed by atoms with van der Waals surface area (Å²) in [5.74, 6) is 5.89. The molecule has 0 fully saturated rings. The number of para-hydroxylation sites is 1. The maximum atomic E-state index is 12.9. The highest BCUT2D eigenvalue weighted by atomic mass is 32.2. The van der Waals surface area contributed by atoms with E-state index < -0.39 is 10.0 Å². The minimum atomic E-state index is -3.77. The number of unbranched alkanes of at least 4 members (excludes halogenated alkanes) is 3. The van der Waals surface area contributed by atoms with Crippen LogP contribution in [0.1, 0.15) is 43.7 Å². The van der Waals surface area contributed by atoms with E-state index in [4.69, 9.17) is 0 Å². The molecule has 0 spiro atoms. The third-order valence-electron chi connectivity index (χ3n) is 4.14. The molecule has 0 aromatic heterocycles. The van der Waals surface area contributed by atoms with Crippen LogP contribution in [0.25, 0.3) is 0 Å². The number of rotatable bonds is 8. The van der Waals surface area contributed by atoms with Crippen molar-refractivity contribution in [1.29, 1.82) is 0 Å². The fourth-order valence-electron chi connectivity index (χ4n) is 2.55. The van der Waals surface area contributed by atoms with Crippen LogP contribution in [0.3, 0.4) is 0 Å². The third-order valence-corrected chi connectivity index (χ3v) is 5.54. The second-order valence-corrected chi connectivity index (χ2v) is 8.22. The third kappa shape index (κ3) is 6.43. The normalized spacial score (nSPS) is 11.1. The van der Waals surface area contributed by atoms with E-state index in [1.807, 2.05) is 32.0 Å². The van der Waals surface area contributed by atoms with E-state index in [2.05, 4.69) is 34.0 Å². The lowest BCUT2D eigenvalue weighted by Crippen LogP contribution is -2.15. The minimum absolute atomic E-state index is 0.142. The van der Waals surface area contributed by atoms with E-state index in [1.165, 1.54) is 19.1 Å². The number of hydrazone groups is 1. The molecule has 28 heavy (non-hydrogen) atoms. The van der Waals surface area contributed by atoms with Crippen molar-refractivity contribution in [3.63, 3.8) is 0 Å². The van der Waals surface area contributed by atoms with Crippen molar-refractivity contribution in [2.45, 2.75) is 51.3 Å². The zero-order chi connectivity index (χ0) is 20.4. The first kappa shape index (κ1) is 21.5. The van der Waals surface area contributed by atoms with E-state index in [9.17, 15) is 8.42 Å². The van der Waals surface area contributed by atoms with Crippen LogP contribution in [-0.2, 0) is 10.0 Å². The molecule has 0 radical (unpaired) electrons. The Kier molecular flexibility index (Phi) is 8.09. The van der Waals surface area contributed by atoms with E-state index in [1.54, 1.807) is 24.3 Å². The number of hydrogen-bond acceptors (Lipinski definition) is 4. The zero-order valence-corrected chi connectivity index (χ0v) is 17.4. The van der Waals surface area contributed by atoms with E-state index in [0.717, 1.165) is 24.0 Å². The molecule has 5 nitrogen and oxygen atoms in total. The lowest BCUT2D eigenvalue weighted by molar-refractivity contribution is 0.601. The molecule has 0 saturated heterocycles. The predicted octanol–water partition coefficient (Wildman–Crippen LogP) is 5.09. The van der Waals surface area contributed by atoms with Gasteiger partial charge in [-0.2, -0.15) is 5.10 Å². The van der Waals surface area contributed by atoms with Gasteiger partial charge in [0.15, 0.2) is 0 Å². The van der Waals surface area contributed by atoms with Crippen LogP contribution in [0.15, 0.2) is 52.5 Å². The van der Waals surface area contributed by atoms with Gasteiger partial charge < -0.3 is 0 Å². The van der Waals surface area contributed by atoms with Gasteiger partial charge in [-0.05, 0) is 49.6 Å². The molecular weight excluding hydrogens is 370 g/mol. The summed E-state index contributed by atoms with van der Waals surface area (Å²) in [5, 5.41) is 4.05. The number of aryl methyl sites for hydroxylation is 2. The number of anilines is 2. The highest BCUT2D eigenvalue weighted by Gasteiger charge is 2.19. The molecule has 0 aliphatic carbocycles. The van der Waals surface area contributed by atoms with Crippen molar-refractivity contribution in [1.82, 2.24) is 0 Å². The van der Waals surface area contributed by atoms with Crippen LogP contribution in [0, 0.1) is 25.7 Å². The summed E-state index contributed by atoms with van der Waals surface area (Å²) in [6, 6.07) is 12.4. The van der Waals surface area contributed by atoms with Gasteiger partial charge in [-0.15, -0.1) is 0 Å². The van der Waals surface area contributed by atoms with Crippen molar-refractivity contribution >= 4 is 27.6 Å². The molecule has 0 heterocycles. The van der Waals surface area contributed by atoms with Crippen molar-refractivity contribution < 1.29 is 8.42 Å². The SMILES string of the molecule is CCCCCC#C/C=N/Nc1ccc(C)cc1S(=O)(=O)Nc1ccccc1C. The molecule has 0 aliphatic rings. The largest absolute Gasteiger partial charge is 0.279 e. The molecule has 2 N–H and O–H groups in total. The summed E-state index contributed by atoms with van der Waals surface area (Å²) >= 11 is 0. The van der Waals surface area contributed by atoms with Crippen molar-refractivity contribution in [3.05, 3.63) is 53.6 Å². The summed E-state index contributed by atoms with van der Waals surface area (Å²) in [5.41, 5.74) is 5.44. The Labute approximate surface area is 168 Å². The second-order valence-electron chi connectivity index (χ2n) is 6.57. The zero-order valence-electron chi connectivity index (χ0n) is 16.6. The number of benzene rings is 2. The number of nitrogens with zero attached hydrogens (tertiary/aromatic N) is 1. The van der Waals surface area contributed by atoms with Crippen LogP contribution < -0.4 is 10.1 Å². The smallest absolute Gasteiger partial charge is 0.264 e. The second kappa shape index (κ2) is 10.5. The summed E-state index contributed by atoms with van der Waals surface area (Å²) in [6.45, 7) is 5.86. The van der Waals surface area contributed by atoms with Gasteiger partial charge in [-0.3, -0.25) is 10.1 Å². The van der Waals surface area contributed by atoms with Crippen molar-refractivity contribution in [3.8, 4) is 11.8 Å². The highest BCUT2D eigenvalue weighted by molar-refractivity contribution is 7.92. The van der Waals surface area contributed by atoms with Crippen LogP contribution >= 0.6 is 0 Å². The highest BCUT2D eigenvalue weighted by Crippen LogP contribution is 2.26. The number of nitrogens with one attached hydrogen (secondary N) is 2. The Morgan fingerprint density at radius 2 is 1.86 bits per heavy atom. The molecule has 0 bridgehead atoms. The first-order chi connectivity index (χ1) is 13.4. The molecule has 2 rings (SSSR count). The van der Waals surface area contributed by atoms with Crippen LogP contribution in [0.5, 0.6) is 0 Å². The minimum Gasteiger partial charge on any atom is -0.279 e. The Balaban J connectivity index is 2.16. The summed E-state index contributed by atoms with van der Waals surface area (Å²) in [6.07, 6.45) is 5.71. The monoisotopic (exact) mass is 397 g/mol. The standard InChI is InChI=1S/C22H27N3O2S/c1-4-5-6-7-8-11-16-23-24-21-15-14-18(2)17-22(21)28(26,27)25-20-13-10-9-12-19(20)3/h9-10,12-17,24-25H,4-7H2,1-3H3/b23-16+. The number of hydrogen-bond donors (Lipinski definition) is 2. The van der Waals surface area contributed by atoms with E-state index in [0.29, 0.717) is 11.4 Å². The van der Waals surface area contributed by atoms with E-state index >= 15 is 0 Å². The lowest BCUT2D eigenvalue weighted by atomic mass is 10.2. The first-order valence-electron chi connectivity index (χ1n) is 9.39. The van der Waals surface area contributed by atoms with Gasteiger partial charge in [-0.1, -0.05) is 55.9 Å². The van der Waals surface area contributed by atoms with Gasteiger partial charge in [0.2, 0.25) is 0 Å². The molecule has 0 amide bonds.